The molecule has 1 atom stereocenters. The van der Waals surface area contributed by atoms with Gasteiger partial charge in [-0.25, -0.2) is 9.97 Å². The zero-order valence-corrected chi connectivity index (χ0v) is 11.0. The number of nitrogens with zero attached hydrogens (tertiary/aromatic N) is 3. The molecule has 0 aliphatic carbocycles. The molecule has 0 bridgehead atoms. The Morgan fingerprint density at radius 3 is 2.79 bits per heavy atom. The van der Waals surface area contributed by atoms with Gasteiger partial charge in [0.15, 0.2) is 11.3 Å². The molecule has 1 N–H and O–H groups in total. The van der Waals surface area contributed by atoms with Gasteiger partial charge in [0.1, 0.15) is 0 Å². The van der Waals surface area contributed by atoms with Gasteiger partial charge in [-0.1, -0.05) is 6.07 Å². The molecule has 1 aromatic carbocycles. The van der Waals surface area contributed by atoms with Crippen LogP contribution in [0.5, 0.6) is 0 Å². The van der Waals surface area contributed by atoms with Crippen molar-refractivity contribution >= 4 is 23.4 Å². The van der Waals surface area contributed by atoms with Gasteiger partial charge in [-0.2, -0.15) is 0 Å². The first-order valence-electron chi connectivity index (χ1n) is 5.71. The molecule has 6 heteroatoms. The summed E-state index contributed by atoms with van der Waals surface area (Å²) in [6.07, 6.45) is 2.32. The fourth-order valence-corrected chi connectivity index (χ4v) is 2.73. The second-order valence-corrected chi connectivity index (χ2v) is 5.19. The summed E-state index contributed by atoms with van der Waals surface area (Å²) in [5.74, 6) is -0.298. The van der Waals surface area contributed by atoms with Gasteiger partial charge in [0.05, 0.1) is 5.69 Å². The fourth-order valence-electron chi connectivity index (χ4n) is 1.99. The van der Waals surface area contributed by atoms with Crippen molar-refractivity contribution < 1.29 is 9.90 Å². The lowest BCUT2D eigenvalue weighted by Gasteiger charge is -2.10. The number of hydrogen-bond acceptors (Lipinski definition) is 5. The average molecular weight is 273 g/mol. The van der Waals surface area contributed by atoms with E-state index in [4.69, 9.17) is 0 Å². The Hall–Kier alpha value is -1.92. The number of rotatable bonds is 2. The average Bonchev–Trinajstić information content (AvgIpc) is 2.65. The molecule has 0 saturated heterocycles. The van der Waals surface area contributed by atoms with Crippen molar-refractivity contribution in [2.75, 3.05) is 11.9 Å². The molecule has 1 unspecified atom stereocenters. The van der Waals surface area contributed by atoms with Crippen LogP contribution in [0.15, 0.2) is 46.7 Å². The first-order chi connectivity index (χ1) is 9.16. The highest BCUT2D eigenvalue weighted by molar-refractivity contribution is 7.99. The van der Waals surface area contributed by atoms with Crippen LogP contribution in [-0.4, -0.2) is 28.0 Å². The first-order valence-corrected chi connectivity index (χ1v) is 6.53. The van der Waals surface area contributed by atoms with Gasteiger partial charge in [-0.05, 0) is 30.0 Å². The van der Waals surface area contributed by atoms with Crippen molar-refractivity contribution in [1.29, 1.82) is 0 Å². The Bertz CT molecular complexity index is 633. The topological polar surface area (TPSA) is 66.3 Å². The maximum Gasteiger partial charge on any atom is 0.260 e. The molecule has 0 spiro atoms. The highest BCUT2D eigenvalue weighted by Gasteiger charge is 2.33. The van der Waals surface area contributed by atoms with Gasteiger partial charge in [0.2, 0.25) is 0 Å². The molecule has 1 aliphatic heterocycles. The summed E-state index contributed by atoms with van der Waals surface area (Å²) >= 11 is 1.42. The second kappa shape index (κ2) is 4.64. The van der Waals surface area contributed by atoms with Gasteiger partial charge in [-0.15, -0.1) is 0 Å². The monoisotopic (exact) mass is 273 g/mol. The van der Waals surface area contributed by atoms with Crippen LogP contribution in [0.1, 0.15) is 11.7 Å². The largest absolute Gasteiger partial charge is 0.378 e. The predicted molar refractivity (Wildman–Crippen MR) is 71.0 cm³/mol. The predicted octanol–water partition coefficient (Wildman–Crippen LogP) is 1.64. The number of hydrogen-bond donors (Lipinski definition) is 1. The van der Waals surface area contributed by atoms with Crippen LogP contribution in [0, 0.1) is 0 Å². The fraction of sp³-hybridized carbons (Fsp3) is 0.154. The minimum atomic E-state index is -1.05. The number of likely N-dealkylation sites (N-methyl/N-ethyl adjacent to an activating group) is 1. The van der Waals surface area contributed by atoms with E-state index in [2.05, 4.69) is 9.97 Å². The third-order valence-corrected chi connectivity index (χ3v) is 3.86. The number of aromatic nitrogens is 2. The van der Waals surface area contributed by atoms with Crippen molar-refractivity contribution in [3.8, 4) is 0 Å². The molecule has 5 nitrogen and oxygen atoms in total. The Kier molecular flexibility index (Phi) is 2.96. The summed E-state index contributed by atoms with van der Waals surface area (Å²) in [7, 11) is 1.66. The number of aliphatic hydroxyl groups excluding tert-OH is 1. The van der Waals surface area contributed by atoms with Crippen molar-refractivity contribution in [2.45, 2.75) is 16.2 Å². The molecular weight excluding hydrogens is 262 g/mol. The molecule has 96 valence electrons. The van der Waals surface area contributed by atoms with Gasteiger partial charge in [0.25, 0.3) is 5.91 Å². The number of benzene rings is 1. The maximum atomic E-state index is 11.7. The molecule has 0 saturated carbocycles. The number of anilines is 1. The van der Waals surface area contributed by atoms with Gasteiger partial charge in [0, 0.05) is 29.9 Å². The van der Waals surface area contributed by atoms with Crippen LogP contribution in [0.25, 0.3) is 0 Å². The summed E-state index contributed by atoms with van der Waals surface area (Å²) < 4.78 is 0. The smallest absolute Gasteiger partial charge is 0.260 e. The van der Waals surface area contributed by atoms with E-state index < -0.39 is 6.10 Å². The van der Waals surface area contributed by atoms with E-state index in [-0.39, 0.29) is 5.91 Å². The molecule has 2 aromatic rings. The molecule has 0 fully saturated rings. The highest BCUT2D eigenvalue weighted by Crippen LogP contribution is 2.38. The van der Waals surface area contributed by atoms with Gasteiger partial charge in [-0.3, -0.25) is 4.79 Å². The zero-order valence-electron chi connectivity index (χ0n) is 10.1. The van der Waals surface area contributed by atoms with E-state index >= 15 is 0 Å². The van der Waals surface area contributed by atoms with Crippen molar-refractivity contribution in [3.63, 3.8) is 0 Å². The standard InChI is InChI=1S/C13H11N3O2S/c1-16-10-7-8(19-13-14-5-2-6-15-13)3-4-9(10)11(17)12(16)18/h2-7,11,17H,1H3. The van der Waals surface area contributed by atoms with E-state index in [0.29, 0.717) is 10.7 Å². The Morgan fingerprint density at radius 2 is 2.05 bits per heavy atom. The summed E-state index contributed by atoms with van der Waals surface area (Å²) in [5, 5.41) is 10.4. The zero-order chi connectivity index (χ0) is 13.4. The molecular formula is C13H11N3O2S. The number of carbonyl (C=O) groups is 1. The molecule has 1 amide bonds. The highest BCUT2D eigenvalue weighted by atomic mass is 32.2. The Morgan fingerprint density at radius 1 is 1.32 bits per heavy atom. The molecule has 19 heavy (non-hydrogen) atoms. The minimum absolute atomic E-state index is 0.298. The third-order valence-electron chi connectivity index (χ3n) is 2.97. The third kappa shape index (κ3) is 2.09. The Balaban J connectivity index is 1.93. The van der Waals surface area contributed by atoms with E-state index in [1.807, 2.05) is 12.1 Å². The summed E-state index contributed by atoms with van der Waals surface area (Å²) in [5.41, 5.74) is 1.38. The van der Waals surface area contributed by atoms with Crippen molar-refractivity contribution in [2.24, 2.45) is 0 Å². The van der Waals surface area contributed by atoms with Crippen molar-refractivity contribution in [1.82, 2.24) is 9.97 Å². The van der Waals surface area contributed by atoms with Crippen LogP contribution in [0.3, 0.4) is 0 Å². The quantitative estimate of drug-likeness (QED) is 0.843. The first kappa shape index (κ1) is 12.1. The summed E-state index contributed by atoms with van der Waals surface area (Å²) in [4.78, 5) is 22.4. The number of carbonyl (C=O) groups excluding carboxylic acids is 1. The SMILES string of the molecule is CN1C(=O)C(O)c2ccc(Sc3ncccn3)cc21. The molecule has 2 heterocycles. The summed E-state index contributed by atoms with van der Waals surface area (Å²) in [6.45, 7) is 0. The lowest BCUT2D eigenvalue weighted by atomic mass is 10.1. The lowest BCUT2D eigenvalue weighted by molar-refractivity contribution is -0.125. The van der Waals surface area contributed by atoms with E-state index in [1.165, 1.54) is 16.7 Å². The molecule has 0 radical (unpaired) electrons. The number of fused-ring (bicyclic) bond motifs is 1. The molecule has 1 aromatic heterocycles. The van der Waals surface area contributed by atoms with E-state index in [9.17, 15) is 9.90 Å². The minimum Gasteiger partial charge on any atom is -0.378 e. The van der Waals surface area contributed by atoms with Crippen LogP contribution in [0.4, 0.5) is 5.69 Å². The van der Waals surface area contributed by atoms with Crippen LogP contribution in [-0.2, 0) is 4.79 Å². The normalized spacial score (nSPS) is 17.7. The molecule has 3 rings (SSSR count). The number of aliphatic hydroxyl groups is 1. The summed E-state index contributed by atoms with van der Waals surface area (Å²) in [6, 6.07) is 7.25. The van der Waals surface area contributed by atoms with Crippen molar-refractivity contribution in [3.05, 3.63) is 42.2 Å². The lowest BCUT2D eigenvalue weighted by Crippen LogP contribution is -2.23. The number of amides is 1. The maximum absolute atomic E-state index is 11.7. The van der Waals surface area contributed by atoms with E-state index in [1.54, 1.807) is 31.6 Å². The second-order valence-electron chi connectivity index (χ2n) is 4.15. The van der Waals surface area contributed by atoms with Crippen LogP contribution < -0.4 is 4.90 Å². The van der Waals surface area contributed by atoms with Crippen LogP contribution >= 0.6 is 11.8 Å². The molecule has 1 aliphatic rings. The van der Waals surface area contributed by atoms with Crippen LogP contribution in [0.2, 0.25) is 0 Å². The van der Waals surface area contributed by atoms with Gasteiger partial charge < -0.3 is 10.0 Å². The van der Waals surface area contributed by atoms with Gasteiger partial charge >= 0.3 is 0 Å². The van der Waals surface area contributed by atoms with E-state index in [0.717, 1.165) is 10.6 Å². The Labute approximate surface area is 114 Å².